The lowest BCUT2D eigenvalue weighted by Gasteiger charge is -1.86. The Balaban J connectivity index is 3.29. The molecule has 0 aliphatic heterocycles. The lowest BCUT2D eigenvalue weighted by Crippen LogP contribution is -2.29. The van der Waals surface area contributed by atoms with Crippen molar-refractivity contribution < 1.29 is 4.57 Å². The van der Waals surface area contributed by atoms with Crippen LogP contribution in [0.15, 0.2) is 11.2 Å². The number of aryl methyl sites for hydroxylation is 1. The van der Waals surface area contributed by atoms with Gasteiger partial charge < -0.3 is 0 Å². The van der Waals surface area contributed by atoms with Gasteiger partial charge >= 0.3 is 0 Å². The van der Waals surface area contributed by atoms with Gasteiger partial charge in [-0.3, -0.25) is 0 Å². The van der Waals surface area contributed by atoms with E-state index in [-0.39, 0.29) is 0 Å². The van der Waals surface area contributed by atoms with E-state index >= 15 is 0 Å². The SMILES string of the molecule is Cc1n(C)c(S)c[n+]1C. The zero-order valence-electron chi connectivity index (χ0n) is 5.92. The Hall–Kier alpha value is -0.440. The van der Waals surface area contributed by atoms with E-state index in [1.807, 2.05) is 29.4 Å². The van der Waals surface area contributed by atoms with Gasteiger partial charge in [0.1, 0.15) is 6.20 Å². The Morgan fingerprint density at radius 3 is 2.33 bits per heavy atom. The van der Waals surface area contributed by atoms with Gasteiger partial charge in [0.15, 0.2) is 5.03 Å². The third-order valence-corrected chi connectivity index (χ3v) is 2.06. The number of hydrogen-bond acceptors (Lipinski definition) is 1. The van der Waals surface area contributed by atoms with Gasteiger partial charge in [-0.15, -0.1) is 0 Å². The quantitative estimate of drug-likeness (QED) is 0.399. The highest BCUT2D eigenvalue weighted by molar-refractivity contribution is 7.80. The van der Waals surface area contributed by atoms with Gasteiger partial charge in [-0.2, -0.15) is 0 Å². The number of hydrogen-bond donors (Lipinski definition) is 1. The molecule has 1 aromatic rings. The van der Waals surface area contributed by atoms with E-state index in [2.05, 4.69) is 19.6 Å². The molecular weight excluding hydrogens is 132 g/mol. The third-order valence-electron chi connectivity index (χ3n) is 1.65. The van der Waals surface area contributed by atoms with Gasteiger partial charge in [0.05, 0.1) is 14.1 Å². The van der Waals surface area contributed by atoms with Crippen LogP contribution in [0.3, 0.4) is 0 Å². The Labute approximate surface area is 60.5 Å². The van der Waals surface area contributed by atoms with Crippen molar-refractivity contribution in [3.63, 3.8) is 0 Å². The van der Waals surface area contributed by atoms with E-state index in [1.54, 1.807) is 0 Å². The van der Waals surface area contributed by atoms with Crippen LogP contribution in [-0.4, -0.2) is 4.57 Å². The van der Waals surface area contributed by atoms with Crippen molar-refractivity contribution in [1.82, 2.24) is 4.57 Å². The maximum Gasteiger partial charge on any atom is 0.253 e. The molecule has 0 fully saturated rings. The van der Waals surface area contributed by atoms with Crippen LogP contribution in [0.2, 0.25) is 0 Å². The van der Waals surface area contributed by atoms with Crippen molar-refractivity contribution in [2.75, 3.05) is 0 Å². The van der Waals surface area contributed by atoms with Crippen molar-refractivity contribution >= 4 is 12.6 Å². The van der Waals surface area contributed by atoms with Crippen molar-refractivity contribution in [3.8, 4) is 0 Å². The average molecular weight is 143 g/mol. The first-order valence-corrected chi connectivity index (χ1v) is 3.28. The fourth-order valence-electron chi connectivity index (χ4n) is 0.756. The Morgan fingerprint density at radius 1 is 1.67 bits per heavy atom. The molecular formula is C6H11N2S+. The van der Waals surface area contributed by atoms with Crippen LogP contribution < -0.4 is 4.57 Å². The van der Waals surface area contributed by atoms with Crippen LogP contribution in [-0.2, 0) is 14.1 Å². The zero-order chi connectivity index (χ0) is 7.02. The van der Waals surface area contributed by atoms with E-state index < -0.39 is 0 Å². The standard InChI is InChI=1S/C6H10N2S/c1-5-7(2)4-6(9)8(5)3/h4H,1-3H3/p+1. The first kappa shape index (κ1) is 6.68. The molecule has 0 unspecified atom stereocenters. The van der Waals surface area contributed by atoms with Crippen LogP contribution >= 0.6 is 12.6 Å². The van der Waals surface area contributed by atoms with Gasteiger partial charge in [0.2, 0.25) is 0 Å². The maximum absolute atomic E-state index is 4.23. The number of thiol groups is 1. The van der Waals surface area contributed by atoms with Crippen LogP contribution in [0.25, 0.3) is 0 Å². The molecule has 2 nitrogen and oxygen atoms in total. The molecule has 1 aromatic heterocycles. The van der Waals surface area contributed by atoms with Crippen molar-refractivity contribution in [3.05, 3.63) is 12.0 Å². The molecule has 50 valence electrons. The van der Waals surface area contributed by atoms with E-state index in [0.717, 1.165) is 5.03 Å². The van der Waals surface area contributed by atoms with Gasteiger partial charge in [0, 0.05) is 6.92 Å². The molecule has 0 atom stereocenters. The molecule has 3 heteroatoms. The van der Waals surface area contributed by atoms with Crippen LogP contribution in [0.1, 0.15) is 5.82 Å². The van der Waals surface area contributed by atoms with E-state index in [1.165, 1.54) is 5.82 Å². The van der Waals surface area contributed by atoms with Gasteiger partial charge in [-0.1, -0.05) is 12.6 Å². The molecule has 0 radical (unpaired) electrons. The second-order valence-corrected chi connectivity index (χ2v) is 2.66. The van der Waals surface area contributed by atoms with E-state index in [4.69, 9.17) is 0 Å². The summed E-state index contributed by atoms with van der Waals surface area (Å²) >= 11 is 4.23. The number of imidazole rings is 1. The summed E-state index contributed by atoms with van der Waals surface area (Å²) in [5.41, 5.74) is 0. The third kappa shape index (κ3) is 0.965. The smallest absolute Gasteiger partial charge is 0.236 e. The van der Waals surface area contributed by atoms with E-state index in [0.29, 0.717) is 0 Å². The summed E-state index contributed by atoms with van der Waals surface area (Å²) in [6.45, 7) is 2.06. The summed E-state index contributed by atoms with van der Waals surface area (Å²) in [6.07, 6.45) is 1.98. The Morgan fingerprint density at radius 2 is 2.22 bits per heavy atom. The van der Waals surface area contributed by atoms with Gasteiger partial charge in [-0.05, 0) is 0 Å². The number of nitrogens with zero attached hydrogens (tertiary/aromatic N) is 2. The highest BCUT2D eigenvalue weighted by atomic mass is 32.1. The normalized spacial score (nSPS) is 10.2. The van der Waals surface area contributed by atoms with Gasteiger partial charge in [-0.25, -0.2) is 9.13 Å². The molecule has 0 aliphatic carbocycles. The molecule has 1 rings (SSSR count). The Bertz CT molecular complexity index is 205. The largest absolute Gasteiger partial charge is 0.253 e. The minimum absolute atomic E-state index is 0.995. The van der Waals surface area contributed by atoms with Crippen molar-refractivity contribution in [2.45, 2.75) is 11.9 Å². The van der Waals surface area contributed by atoms with Crippen LogP contribution in [0.4, 0.5) is 0 Å². The minimum atomic E-state index is 0.995. The first-order chi connectivity index (χ1) is 4.13. The monoisotopic (exact) mass is 143 g/mol. The minimum Gasteiger partial charge on any atom is -0.236 e. The van der Waals surface area contributed by atoms with E-state index in [9.17, 15) is 0 Å². The predicted molar refractivity (Wildman–Crippen MR) is 38.6 cm³/mol. The summed E-state index contributed by atoms with van der Waals surface area (Å²) < 4.78 is 4.07. The highest BCUT2D eigenvalue weighted by Crippen LogP contribution is 2.02. The number of rotatable bonds is 0. The number of aromatic nitrogens is 2. The van der Waals surface area contributed by atoms with Crippen molar-refractivity contribution in [1.29, 1.82) is 0 Å². The van der Waals surface area contributed by atoms with Crippen molar-refractivity contribution in [2.24, 2.45) is 14.1 Å². The second-order valence-electron chi connectivity index (χ2n) is 2.20. The molecule has 0 aliphatic rings. The molecule has 0 bridgehead atoms. The summed E-state index contributed by atoms with van der Waals surface area (Å²) in [6, 6.07) is 0. The summed E-state index contributed by atoms with van der Waals surface area (Å²) in [7, 11) is 4.01. The summed E-state index contributed by atoms with van der Waals surface area (Å²) in [5, 5.41) is 0.995. The average Bonchev–Trinajstić information content (AvgIpc) is 1.98. The molecule has 0 saturated heterocycles. The molecule has 0 amide bonds. The van der Waals surface area contributed by atoms with Crippen LogP contribution in [0.5, 0.6) is 0 Å². The molecule has 0 aromatic carbocycles. The predicted octanol–water partition coefficient (Wildman–Crippen LogP) is 0.447. The maximum atomic E-state index is 4.23. The lowest BCUT2D eigenvalue weighted by molar-refractivity contribution is -0.678. The first-order valence-electron chi connectivity index (χ1n) is 2.84. The summed E-state index contributed by atoms with van der Waals surface area (Å²) in [4.78, 5) is 0. The topological polar surface area (TPSA) is 8.81 Å². The molecule has 9 heavy (non-hydrogen) atoms. The fourth-order valence-corrected chi connectivity index (χ4v) is 1.07. The zero-order valence-corrected chi connectivity index (χ0v) is 6.81. The molecule has 0 N–H and O–H groups in total. The second kappa shape index (κ2) is 2.06. The molecule has 1 heterocycles. The highest BCUT2D eigenvalue weighted by Gasteiger charge is 2.08. The fraction of sp³-hybridized carbons (Fsp3) is 0.500. The summed E-state index contributed by atoms with van der Waals surface area (Å²) in [5.74, 6) is 1.21. The Kier molecular flexibility index (Phi) is 1.53. The molecule has 0 saturated carbocycles. The van der Waals surface area contributed by atoms with Gasteiger partial charge in [0.25, 0.3) is 5.82 Å². The molecule has 0 spiro atoms. The van der Waals surface area contributed by atoms with Crippen LogP contribution in [0, 0.1) is 6.92 Å². The lowest BCUT2D eigenvalue weighted by atomic mass is 10.7.